The molecule has 0 aliphatic carbocycles. The summed E-state index contributed by atoms with van der Waals surface area (Å²) in [6, 6.07) is 0.188. The van der Waals surface area contributed by atoms with Crippen LogP contribution < -0.4 is 5.32 Å². The first-order chi connectivity index (χ1) is 8.34. The zero-order chi connectivity index (χ0) is 12.3. The molecule has 17 heavy (non-hydrogen) atoms. The molecule has 1 heterocycles. The van der Waals surface area contributed by atoms with E-state index in [-0.39, 0.29) is 6.04 Å². The third kappa shape index (κ3) is 6.82. The highest BCUT2D eigenvalue weighted by Gasteiger charge is 2.20. The summed E-state index contributed by atoms with van der Waals surface area (Å²) in [5.74, 6) is 0.444. The lowest BCUT2D eigenvalue weighted by Crippen LogP contribution is -2.30. The van der Waals surface area contributed by atoms with Crippen molar-refractivity contribution in [1.29, 1.82) is 0 Å². The molecule has 0 aromatic rings. The molecule has 1 fully saturated rings. The number of rotatable bonds is 10. The van der Waals surface area contributed by atoms with Gasteiger partial charge in [-0.1, -0.05) is 45.4 Å². The van der Waals surface area contributed by atoms with Crippen molar-refractivity contribution in [2.45, 2.75) is 77.2 Å². The van der Waals surface area contributed by atoms with Crippen LogP contribution in [0.4, 0.5) is 0 Å². The van der Waals surface area contributed by atoms with Crippen molar-refractivity contribution in [3.8, 4) is 0 Å². The van der Waals surface area contributed by atoms with Gasteiger partial charge in [-0.25, -0.2) is 0 Å². The van der Waals surface area contributed by atoms with Crippen molar-refractivity contribution in [2.75, 3.05) is 6.54 Å². The van der Waals surface area contributed by atoms with E-state index in [0.717, 1.165) is 25.8 Å². The van der Waals surface area contributed by atoms with Gasteiger partial charge in [0.25, 0.3) is 0 Å². The van der Waals surface area contributed by atoms with Gasteiger partial charge in [-0.15, -0.1) is 0 Å². The van der Waals surface area contributed by atoms with Crippen LogP contribution in [0.1, 0.15) is 71.1 Å². The summed E-state index contributed by atoms with van der Waals surface area (Å²) >= 11 is 0. The molecule has 0 aromatic carbocycles. The Bertz CT molecular complexity index is 197. The number of ketones is 1. The van der Waals surface area contributed by atoms with Crippen molar-refractivity contribution >= 4 is 5.78 Å². The minimum Gasteiger partial charge on any atom is -0.307 e. The molecule has 2 heteroatoms. The van der Waals surface area contributed by atoms with Crippen LogP contribution in [-0.4, -0.2) is 18.4 Å². The Morgan fingerprint density at radius 3 is 2.76 bits per heavy atom. The number of carbonyl (C=O) groups excluding carboxylic acids is 1. The maximum Gasteiger partial charge on any atom is 0.149 e. The molecule has 0 saturated carbocycles. The summed E-state index contributed by atoms with van der Waals surface area (Å²) < 4.78 is 0. The molecule has 1 rings (SSSR count). The van der Waals surface area contributed by atoms with E-state index < -0.39 is 0 Å². The Morgan fingerprint density at radius 1 is 1.24 bits per heavy atom. The van der Waals surface area contributed by atoms with Gasteiger partial charge in [0.05, 0.1) is 6.04 Å². The summed E-state index contributed by atoms with van der Waals surface area (Å²) in [4.78, 5) is 11.8. The van der Waals surface area contributed by atoms with Crippen LogP contribution in [0.15, 0.2) is 0 Å². The second-order valence-electron chi connectivity index (χ2n) is 5.15. The lowest BCUT2D eigenvalue weighted by molar-refractivity contribution is -0.120. The van der Waals surface area contributed by atoms with Crippen LogP contribution in [0.25, 0.3) is 0 Å². The molecule has 0 unspecified atom stereocenters. The Hall–Kier alpha value is -0.370. The maximum absolute atomic E-state index is 11.8. The Balaban J connectivity index is 1.85. The predicted molar refractivity (Wildman–Crippen MR) is 72.9 cm³/mol. The zero-order valence-corrected chi connectivity index (χ0v) is 11.3. The van der Waals surface area contributed by atoms with Crippen molar-refractivity contribution in [3.05, 3.63) is 6.42 Å². The number of hydrogen-bond acceptors (Lipinski definition) is 2. The second-order valence-corrected chi connectivity index (χ2v) is 5.15. The number of Topliss-reactive ketones (excluding diaryl/α,β-unsaturated/α-hetero) is 1. The predicted octanol–water partition coefficient (Wildman–Crippen LogP) is 3.65. The molecular weight excluding hydrogens is 210 g/mol. The number of unbranched alkanes of at least 4 members (excludes halogenated alkanes) is 7. The third-order valence-corrected chi connectivity index (χ3v) is 3.52. The van der Waals surface area contributed by atoms with Crippen LogP contribution in [0.5, 0.6) is 0 Å². The summed E-state index contributed by atoms with van der Waals surface area (Å²) in [6.45, 7) is 3.25. The molecule has 1 aliphatic rings. The second kappa shape index (κ2) is 9.64. The van der Waals surface area contributed by atoms with Gasteiger partial charge in [-0.2, -0.15) is 0 Å². The van der Waals surface area contributed by atoms with Gasteiger partial charge in [0.2, 0.25) is 0 Å². The molecule has 1 aliphatic heterocycles. The SMILES string of the molecule is CCC[CH]CCCCCCC(=O)[C@@H]1CCCN1. The van der Waals surface area contributed by atoms with E-state index in [9.17, 15) is 4.79 Å². The van der Waals surface area contributed by atoms with Gasteiger partial charge < -0.3 is 5.32 Å². The molecule has 0 bridgehead atoms. The third-order valence-electron chi connectivity index (χ3n) is 3.52. The highest BCUT2D eigenvalue weighted by molar-refractivity contribution is 5.84. The van der Waals surface area contributed by atoms with E-state index in [0.29, 0.717) is 5.78 Å². The summed E-state index contributed by atoms with van der Waals surface area (Å²) in [5, 5.41) is 3.28. The standard InChI is InChI=1S/C15H28NO/c1-2-3-4-5-6-7-8-9-12-15(17)14-11-10-13-16-14/h4,14,16H,2-3,5-13H2,1H3/t14-/m0/s1. The first-order valence-corrected chi connectivity index (χ1v) is 7.42. The molecule has 0 aromatic heterocycles. The molecule has 1 atom stereocenters. The molecule has 2 nitrogen and oxygen atoms in total. The molecule has 1 saturated heterocycles. The highest BCUT2D eigenvalue weighted by atomic mass is 16.1. The fraction of sp³-hybridized carbons (Fsp3) is 0.867. The van der Waals surface area contributed by atoms with Crippen molar-refractivity contribution in [2.24, 2.45) is 0 Å². The Kier molecular flexibility index (Phi) is 8.33. The smallest absolute Gasteiger partial charge is 0.149 e. The van der Waals surface area contributed by atoms with Crippen LogP contribution in [0.2, 0.25) is 0 Å². The average molecular weight is 238 g/mol. The first-order valence-electron chi connectivity index (χ1n) is 7.42. The largest absolute Gasteiger partial charge is 0.307 e. The average Bonchev–Trinajstić information content (AvgIpc) is 2.86. The first kappa shape index (κ1) is 14.7. The van der Waals surface area contributed by atoms with Gasteiger partial charge >= 0.3 is 0 Å². The van der Waals surface area contributed by atoms with Crippen molar-refractivity contribution in [3.63, 3.8) is 0 Å². The highest BCUT2D eigenvalue weighted by Crippen LogP contribution is 2.12. The minimum atomic E-state index is 0.188. The quantitative estimate of drug-likeness (QED) is 0.589. The lowest BCUT2D eigenvalue weighted by Gasteiger charge is -2.08. The van der Waals surface area contributed by atoms with E-state index in [1.54, 1.807) is 0 Å². The molecule has 0 amide bonds. The van der Waals surface area contributed by atoms with Crippen LogP contribution in [0, 0.1) is 6.42 Å². The fourth-order valence-corrected chi connectivity index (χ4v) is 2.42. The van der Waals surface area contributed by atoms with E-state index in [1.807, 2.05) is 0 Å². The van der Waals surface area contributed by atoms with Gasteiger partial charge in [-0.05, 0) is 32.2 Å². The van der Waals surface area contributed by atoms with Gasteiger partial charge in [-0.3, -0.25) is 4.79 Å². The minimum absolute atomic E-state index is 0.188. The number of carbonyl (C=O) groups is 1. The van der Waals surface area contributed by atoms with Crippen molar-refractivity contribution < 1.29 is 4.79 Å². The molecular formula is C15H28NO. The van der Waals surface area contributed by atoms with E-state index in [1.165, 1.54) is 44.9 Å². The molecule has 1 N–H and O–H groups in total. The number of hydrogen-bond donors (Lipinski definition) is 1. The molecule has 99 valence electrons. The lowest BCUT2D eigenvalue weighted by atomic mass is 10.0. The normalized spacial score (nSPS) is 19.7. The summed E-state index contributed by atoms with van der Waals surface area (Å²) in [5.41, 5.74) is 0. The van der Waals surface area contributed by atoms with Crippen LogP contribution in [-0.2, 0) is 4.79 Å². The van der Waals surface area contributed by atoms with E-state index >= 15 is 0 Å². The van der Waals surface area contributed by atoms with Crippen LogP contribution in [0.3, 0.4) is 0 Å². The number of nitrogens with one attached hydrogen (secondary N) is 1. The van der Waals surface area contributed by atoms with Crippen LogP contribution >= 0.6 is 0 Å². The Morgan fingerprint density at radius 2 is 2.06 bits per heavy atom. The van der Waals surface area contributed by atoms with Crippen molar-refractivity contribution in [1.82, 2.24) is 5.32 Å². The molecule has 0 spiro atoms. The van der Waals surface area contributed by atoms with E-state index in [2.05, 4.69) is 18.7 Å². The molecule has 1 radical (unpaired) electrons. The van der Waals surface area contributed by atoms with Gasteiger partial charge in [0.1, 0.15) is 5.78 Å². The van der Waals surface area contributed by atoms with Gasteiger partial charge in [0.15, 0.2) is 0 Å². The maximum atomic E-state index is 11.8. The summed E-state index contributed by atoms with van der Waals surface area (Å²) in [6.07, 6.45) is 14.1. The Labute approximate surface area is 107 Å². The summed E-state index contributed by atoms with van der Waals surface area (Å²) in [7, 11) is 0. The zero-order valence-electron chi connectivity index (χ0n) is 11.3. The van der Waals surface area contributed by atoms with Gasteiger partial charge in [0, 0.05) is 6.42 Å². The topological polar surface area (TPSA) is 29.1 Å². The fourth-order valence-electron chi connectivity index (χ4n) is 2.42. The monoisotopic (exact) mass is 238 g/mol. The van der Waals surface area contributed by atoms with E-state index in [4.69, 9.17) is 0 Å².